The van der Waals surface area contributed by atoms with Crippen molar-refractivity contribution in [3.8, 4) is 46.6 Å². The Kier molecular flexibility index (Phi) is 20.9. The van der Waals surface area contributed by atoms with Crippen LogP contribution in [0.25, 0.3) is 12.2 Å². The van der Waals surface area contributed by atoms with Crippen LogP contribution < -0.4 is 28.4 Å². The van der Waals surface area contributed by atoms with E-state index in [0.29, 0.717) is 61.5 Å². The zero-order chi connectivity index (χ0) is 54.4. The molecular formula is C56H52N2O18. The topological polar surface area (TPSA) is 261 Å². The largest absolute Gasteiger partial charge is 0.494 e. The quantitative estimate of drug-likeness (QED) is 0.0152. The molecule has 0 spiro atoms. The molecule has 0 amide bonds. The van der Waals surface area contributed by atoms with E-state index in [4.69, 9.17) is 56.8 Å². The Morgan fingerprint density at radius 1 is 0.553 bits per heavy atom. The van der Waals surface area contributed by atoms with Gasteiger partial charge in [0.25, 0.3) is 0 Å². The zero-order valence-corrected chi connectivity index (χ0v) is 41.4. The highest BCUT2D eigenvalue weighted by atomic mass is 16.7. The molecule has 2 aliphatic heterocycles. The number of nitriles is 2. The van der Waals surface area contributed by atoms with Crippen LogP contribution in [0.5, 0.6) is 34.5 Å². The molecule has 0 bridgehead atoms. The van der Waals surface area contributed by atoms with Crippen molar-refractivity contribution in [3.63, 3.8) is 0 Å². The number of fused-ring (bicyclic) bond motifs is 1. The van der Waals surface area contributed by atoms with Gasteiger partial charge in [0.05, 0.1) is 65.0 Å². The summed E-state index contributed by atoms with van der Waals surface area (Å²) >= 11 is 0. The third kappa shape index (κ3) is 15.9. The maximum Gasteiger partial charge on any atom is 0.349 e. The summed E-state index contributed by atoms with van der Waals surface area (Å²) in [6.45, 7) is 7.64. The van der Waals surface area contributed by atoms with Gasteiger partial charge in [-0.25, -0.2) is 28.8 Å². The maximum atomic E-state index is 13.3. The van der Waals surface area contributed by atoms with Gasteiger partial charge in [0.15, 0.2) is 35.2 Å². The van der Waals surface area contributed by atoms with Gasteiger partial charge in [-0.3, -0.25) is 0 Å². The van der Waals surface area contributed by atoms with E-state index in [1.54, 1.807) is 24.3 Å². The minimum atomic E-state index is -0.988. The van der Waals surface area contributed by atoms with Crippen LogP contribution in [-0.2, 0) is 47.6 Å². The second-order valence-corrected chi connectivity index (χ2v) is 16.3. The first-order valence-electron chi connectivity index (χ1n) is 23.6. The predicted octanol–water partition coefficient (Wildman–Crippen LogP) is 7.05. The van der Waals surface area contributed by atoms with Crippen LogP contribution in [0.15, 0.2) is 121 Å². The molecule has 76 heavy (non-hydrogen) atoms. The molecule has 0 unspecified atom stereocenters. The van der Waals surface area contributed by atoms with Gasteiger partial charge in [0.1, 0.15) is 47.0 Å². The van der Waals surface area contributed by atoms with E-state index < -0.39 is 60.2 Å². The Morgan fingerprint density at radius 2 is 0.934 bits per heavy atom. The monoisotopic (exact) mass is 1040 g/mol. The smallest absolute Gasteiger partial charge is 0.349 e. The molecule has 6 rings (SSSR count). The van der Waals surface area contributed by atoms with Gasteiger partial charge >= 0.3 is 35.8 Å². The standard InChI is InChI=1S/C56H52N2O18/c1-5-49(59)69-25-9-7-23-67-41-17-13-37(14-18-41)53(61)73-43-21-11-35(29-45(43)65-3)27-39(31-57)55(63)75-47-33-71-52-48(34-72-51(47)52)76-56(64)40(32-58)28-36-12-22-44(46(30-36)66-4)74-54(62)38-15-19-42(20-16-38)68-24-8-10-26-70-50(60)6-2/h5-6,11-22,27-30,47-48,51-52H,1-2,7-10,23-26,33-34H2,3-4H3/b39-27+,40-28+/t47-,48+,51-,52-/m1/s1. The highest BCUT2D eigenvalue weighted by Crippen LogP contribution is 2.34. The van der Waals surface area contributed by atoms with Gasteiger partial charge in [-0.2, -0.15) is 10.5 Å². The molecule has 2 aliphatic rings. The van der Waals surface area contributed by atoms with Gasteiger partial charge in [-0.15, -0.1) is 0 Å². The molecular weight excluding hydrogens is 989 g/mol. The summed E-state index contributed by atoms with van der Waals surface area (Å²) in [5.41, 5.74) is 0.387. The molecule has 0 saturated carbocycles. The van der Waals surface area contributed by atoms with Crippen molar-refractivity contribution < 1.29 is 85.6 Å². The molecule has 0 N–H and O–H groups in total. The second kappa shape index (κ2) is 28.3. The molecule has 2 saturated heterocycles. The lowest BCUT2D eigenvalue weighted by molar-refractivity contribution is -0.150. The fourth-order valence-electron chi connectivity index (χ4n) is 7.30. The first-order valence-corrected chi connectivity index (χ1v) is 23.6. The summed E-state index contributed by atoms with van der Waals surface area (Å²) in [5, 5.41) is 19.9. The van der Waals surface area contributed by atoms with E-state index >= 15 is 0 Å². The van der Waals surface area contributed by atoms with E-state index in [2.05, 4.69) is 13.2 Å². The molecule has 20 nitrogen and oxygen atoms in total. The van der Waals surface area contributed by atoms with E-state index in [9.17, 15) is 39.3 Å². The summed E-state index contributed by atoms with van der Waals surface area (Å²) < 4.78 is 66.2. The van der Waals surface area contributed by atoms with Gasteiger partial charge in [0, 0.05) is 12.2 Å². The van der Waals surface area contributed by atoms with E-state index in [0.717, 1.165) is 12.2 Å². The second-order valence-electron chi connectivity index (χ2n) is 16.3. The molecule has 20 heteroatoms. The number of benzene rings is 4. The Morgan fingerprint density at radius 3 is 1.29 bits per heavy atom. The first-order chi connectivity index (χ1) is 36.9. The number of ether oxygens (including phenoxy) is 12. The molecule has 0 radical (unpaired) electrons. The molecule has 4 atom stereocenters. The molecule has 394 valence electrons. The lowest BCUT2D eigenvalue weighted by atomic mass is 10.1. The van der Waals surface area contributed by atoms with Gasteiger partial charge in [0.2, 0.25) is 0 Å². The van der Waals surface area contributed by atoms with Crippen LogP contribution >= 0.6 is 0 Å². The van der Waals surface area contributed by atoms with Crippen molar-refractivity contribution in [3.05, 3.63) is 144 Å². The Balaban J connectivity index is 0.973. The summed E-state index contributed by atoms with van der Waals surface area (Å²) in [6, 6.07) is 25.1. The minimum absolute atomic E-state index is 0.0708. The lowest BCUT2D eigenvalue weighted by Crippen LogP contribution is -2.36. The fourth-order valence-corrected chi connectivity index (χ4v) is 7.30. The number of carbonyl (C=O) groups excluding carboxylic acids is 6. The van der Waals surface area contributed by atoms with Crippen LogP contribution in [0.1, 0.15) is 57.5 Å². The normalized spacial score (nSPS) is 16.5. The Labute approximate surface area is 437 Å². The molecule has 4 aromatic carbocycles. The van der Waals surface area contributed by atoms with Crippen LogP contribution in [-0.4, -0.2) is 114 Å². The number of esters is 6. The SMILES string of the molecule is C=CC(=O)OCCCCOc1ccc(C(=O)Oc2ccc(/C=C(\C#N)C(=O)O[C@H]3CO[C@H]4[C@@H]3OC[C@H]4OC(=O)/C(C#N)=C/c3ccc(OC(=O)c4ccc(OCCCCOC(=O)C=C)cc4)c(OC)c3)cc2OC)cc1. The average molecular weight is 1040 g/mol. The third-order valence-corrected chi connectivity index (χ3v) is 11.2. The van der Waals surface area contributed by atoms with Gasteiger partial charge in [-0.1, -0.05) is 25.3 Å². The number of hydrogen-bond acceptors (Lipinski definition) is 20. The maximum absolute atomic E-state index is 13.3. The van der Waals surface area contributed by atoms with E-state index in [1.165, 1.54) is 87.0 Å². The minimum Gasteiger partial charge on any atom is -0.494 e. The highest BCUT2D eigenvalue weighted by Gasteiger charge is 2.51. The zero-order valence-electron chi connectivity index (χ0n) is 41.4. The predicted molar refractivity (Wildman–Crippen MR) is 267 cm³/mol. The Bertz CT molecular complexity index is 2720. The number of unbranched alkanes of at least 4 members (excludes halogenated alkanes) is 2. The van der Waals surface area contributed by atoms with Gasteiger partial charge in [-0.05, 0) is 122 Å². The summed E-state index contributed by atoms with van der Waals surface area (Å²) in [5.74, 6) is -2.86. The summed E-state index contributed by atoms with van der Waals surface area (Å²) in [4.78, 5) is 74.9. The molecule has 0 aliphatic carbocycles. The molecule has 2 fully saturated rings. The van der Waals surface area contributed by atoms with Crippen molar-refractivity contribution in [1.29, 1.82) is 10.5 Å². The van der Waals surface area contributed by atoms with Crippen LogP contribution in [0.3, 0.4) is 0 Å². The number of carbonyl (C=O) groups is 6. The first kappa shape index (κ1) is 56.1. The highest BCUT2D eigenvalue weighted by molar-refractivity contribution is 5.99. The number of nitrogens with zero attached hydrogens (tertiary/aromatic N) is 2. The summed E-state index contributed by atoms with van der Waals surface area (Å²) in [6.07, 6.45) is 3.49. The fraction of sp³-hybridized carbons (Fsp3) is 0.286. The van der Waals surface area contributed by atoms with Crippen molar-refractivity contribution in [1.82, 2.24) is 0 Å². The molecule has 4 aromatic rings. The third-order valence-electron chi connectivity index (χ3n) is 11.2. The summed E-state index contributed by atoms with van der Waals surface area (Å²) in [7, 11) is 2.71. The van der Waals surface area contributed by atoms with Gasteiger partial charge < -0.3 is 56.8 Å². The van der Waals surface area contributed by atoms with Crippen molar-refractivity contribution >= 4 is 48.0 Å². The van der Waals surface area contributed by atoms with E-state index in [-0.39, 0.29) is 71.7 Å². The lowest BCUT2D eigenvalue weighted by Gasteiger charge is -2.17. The molecule has 0 aromatic heterocycles. The van der Waals surface area contributed by atoms with Crippen LogP contribution in [0.4, 0.5) is 0 Å². The van der Waals surface area contributed by atoms with Crippen LogP contribution in [0.2, 0.25) is 0 Å². The van der Waals surface area contributed by atoms with Crippen molar-refractivity contribution in [2.45, 2.75) is 50.1 Å². The number of rotatable bonds is 26. The van der Waals surface area contributed by atoms with Crippen molar-refractivity contribution in [2.75, 3.05) is 53.9 Å². The van der Waals surface area contributed by atoms with Crippen molar-refractivity contribution in [2.24, 2.45) is 0 Å². The number of hydrogen-bond donors (Lipinski definition) is 0. The average Bonchev–Trinajstić information content (AvgIpc) is 4.04. The molecule has 2 heterocycles. The van der Waals surface area contributed by atoms with Crippen LogP contribution in [0, 0.1) is 22.7 Å². The number of methoxy groups -OCH3 is 2. The Hall–Kier alpha value is -9.24. The van der Waals surface area contributed by atoms with E-state index in [1.807, 2.05) is 12.1 Å².